The smallest absolute Gasteiger partial charge is 0.164 e. The standard InChI is InChI=1S/C51H35N3/c1-7-19-36(20-8-1)42-31-43(33-44(32-42)51-53-49(40-27-15-5-16-28-40)52-50(54-51)41-29-17-6-18-30-41)48-35-46(38-23-11-3-12-24-38)45(37-21-9-2-10-22-37)34-47(48)39-25-13-4-14-26-39/h1-35H. The van der Waals surface area contributed by atoms with Crippen LogP contribution in [-0.2, 0) is 0 Å². The number of hydrogen-bond acceptors (Lipinski definition) is 3. The Kier molecular flexibility index (Phi) is 8.94. The fourth-order valence-corrected chi connectivity index (χ4v) is 7.06. The predicted octanol–water partition coefficient (Wildman–Crippen LogP) is 13.2. The van der Waals surface area contributed by atoms with E-state index in [1.807, 2.05) is 60.7 Å². The summed E-state index contributed by atoms with van der Waals surface area (Å²) in [6.45, 7) is 0. The molecule has 0 amide bonds. The second kappa shape index (κ2) is 14.8. The van der Waals surface area contributed by atoms with Crippen LogP contribution in [0.25, 0.3) is 89.8 Å². The van der Waals surface area contributed by atoms with Crippen LogP contribution in [0.4, 0.5) is 0 Å². The third-order valence-corrected chi connectivity index (χ3v) is 9.72. The molecule has 0 atom stereocenters. The van der Waals surface area contributed by atoms with Crippen LogP contribution in [0.1, 0.15) is 0 Å². The summed E-state index contributed by atoms with van der Waals surface area (Å²) in [5.41, 5.74) is 14.2. The minimum absolute atomic E-state index is 0.618. The van der Waals surface area contributed by atoms with Gasteiger partial charge < -0.3 is 0 Å². The highest BCUT2D eigenvalue weighted by atomic mass is 15.0. The van der Waals surface area contributed by atoms with E-state index in [1.165, 1.54) is 16.7 Å². The van der Waals surface area contributed by atoms with E-state index in [0.717, 1.165) is 55.6 Å². The van der Waals surface area contributed by atoms with E-state index in [2.05, 4.69) is 152 Å². The maximum Gasteiger partial charge on any atom is 0.164 e. The number of nitrogens with zero attached hydrogens (tertiary/aromatic N) is 3. The SMILES string of the molecule is c1ccc(-c2cc(-c3nc(-c4ccccc4)nc(-c4ccccc4)n3)cc(-c3cc(-c4ccccc4)c(-c4ccccc4)cc3-c3ccccc3)c2)cc1. The van der Waals surface area contributed by atoms with Crippen LogP contribution < -0.4 is 0 Å². The fraction of sp³-hybridized carbons (Fsp3) is 0. The highest BCUT2D eigenvalue weighted by Crippen LogP contribution is 2.44. The summed E-state index contributed by atoms with van der Waals surface area (Å²) in [5, 5.41) is 0. The van der Waals surface area contributed by atoms with E-state index < -0.39 is 0 Å². The third kappa shape index (κ3) is 6.74. The summed E-state index contributed by atoms with van der Waals surface area (Å²) < 4.78 is 0. The first-order valence-electron chi connectivity index (χ1n) is 18.2. The van der Waals surface area contributed by atoms with Crippen LogP contribution in [0.3, 0.4) is 0 Å². The molecular weight excluding hydrogens is 655 g/mol. The van der Waals surface area contributed by atoms with Crippen LogP contribution in [0.5, 0.6) is 0 Å². The van der Waals surface area contributed by atoms with Crippen LogP contribution >= 0.6 is 0 Å². The van der Waals surface area contributed by atoms with Gasteiger partial charge in [-0.1, -0.05) is 182 Å². The van der Waals surface area contributed by atoms with E-state index in [-0.39, 0.29) is 0 Å². The normalized spacial score (nSPS) is 11.0. The summed E-state index contributed by atoms with van der Waals surface area (Å²) in [6.07, 6.45) is 0. The Morgan fingerprint density at radius 2 is 0.444 bits per heavy atom. The molecule has 0 N–H and O–H groups in total. The lowest BCUT2D eigenvalue weighted by molar-refractivity contribution is 1.07. The molecule has 0 radical (unpaired) electrons. The molecule has 9 rings (SSSR count). The van der Waals surface area contributed by atoms with Crippen molar-refractivity contribution >= 4 is 0 Å². The van der Waals surface area contributed by atoms with E-state index >= 15 is 0 Å². The highest BCUT2D eigenvalue weighted by molar-refractivity contribution is 5.96. The first-order chi connectivity index (χ1) is 26.8. The Hall–Kier alpha value is -7.23. The molecule has 0 aliphatic rings. The first kappa shape index (κ1) is 32.7. The first-order valence-corrected chi connectivity index (χ1v) is 18.2. The van der Waals surface area contributed by atoms with Gasteiger partial charge in [0.05, 0.1) is 0 Å². The van der Waals surface area contributed by atoms with Gasteiger partial charge in [-0.3, -0.25) is 0 Å². The molecule has 0 aliphatic heterocycles. The Balaban J connectivity index is 1.33. The average molecular weight is 690 g/mol. The molecule has 9 aromatic rings. The van der Waals surface area contributed by atoms with Gasteiger partial charge in [-0.25, -0.2) is 15.0 Å². The van der Waals surface area contributed by atoms with Gasteiger partial charge in [0.2, 0.25) is 0 Å². The topological polar surface area (TPSA) is 38.7 Å². The molecule has 0 spiro atoms. The van der Waals surface area contributed by atoms with Gasteiger partial charge in [0, 0.05) is 16.7 Å². The van der Waals surface area contributed by atoms with Crippen molar-refractivity contribution in [2.45, 2.75) is 0 Å². The zero-order valence-electron chi connectivity index (χ0n) is 29.5. The minimum atomic E-state index is 0.618. The maximum atomic E-state index is 5.15. The largest absolute Gasteiger partial charge is 0.208 e. The summed E-state index contributed by atoms with van der Waals surface area (Å²) in [5.74, 6) is 1.89. The second-order valence-corrected chi connectivity index (χ2v) is 13.2. The molecule has 1 heterocycles. The Morgan fingerprint density at radius 3 is 0.815 bits per heavy atom. The van der Waals surface area contributed by atoms with Gasteiger partial charge in [-0.05, 0) is 86.0 Å². The van der Waals surface area contributed by atoms with Crippen molar-refractivity contribution in [3.8, 4) is 89.8 Å². The van der Waals surface area contributed by atoms with Gasteiger partial charge in [0.25, 0.3) is 0 Å². The fourth-order valence-electron chi connectivity index (χ4n) is 7.06. The summed E-state index contributed by atoms with van der Waals surface area (Å²) in [7, 11) is 0. The van der Waals surface area contributed by atoms with Gasteiger partial charge >= 0.3 is 0 Å². The average Bonchev–Trinajstić information content (AvgIpc) is 3.27. The third-order valence-electron chi connectivity index (χ3n) is 9.72. The Bertz CT molecular complexity index is 2600. The number of hydrogen-bond donors (Lipinski definition) is 0. The second-order valence-electron chi connectivity index (χ2n) is 13.2. The van der Waals surface area contributed by atoms with Gasteiger partial charge in [0.15, 0.2) is 17.5 Å². The van der Waals surface area contributed by atoms with Crippen LogP contribution in [0.15, 0.2) is 212 Å². The van der Waals surface area contributed by atoms with Crippen LogP contribution in [0.2, 0.25) is 0 Å². The van der Waals surface area contributed by atoms with Gasteiger partial charge in [-0.2, -0.15) is 0 Å². The van der Waals surface area contributed by atoms with Crippen molar-refractivity contribution < 1.29 is 0 Å². The van der Waals surface area contributed by atoms with E-state index in [0.29, 0.717) is 17.5 Å². The van der Waals surface area contributed by atoms with Crippen molar-refractivity contribution in [2.75, 3.05) is 0 Å². The molecule has 0 aliphatic carbocycles. The van der Waals surface area contributed by atoms with Crippen LogP contribution in [0, 0.1) is 0 Å². The van der Waals surface area contributed by atoms with E-state index in [4.69, 9.17) is 15.0 Å². The van der Waals surface area contributed by atoms with Crippen molar-refractivity contribution in [3.05, 3.63) is 212 Å². The molecule has 0 bridgehead atoms. The van der Waals surface area contributed by atoms with Crippen molar-refractivity contribution in [1.82, 2.24) is 15.0 Å². The lowest BCUT2D eigenvalue weighted by atomic mass is 9.84. The van der Waals surface area contributed by atoms with Crippen LogP contribution in [-0.4, -0.2) is 15.0 Å². The molecule has 0 saturated heterocycles. The monoisotopic (exact) mass is 689 g/mol. The van der Waals surface area contributed by atoms with Gasteiger partial charge in [-0.15, -0.1) is 0 Å². The van der Waals surface area contributed by atoms with E-state index in [1.54, 1.807) is 0 Å². The zero-order valence-corrected chi connectivity index (χ0v) is 29.5. The van der Waals surface area contributed by atoms with Gasteiger partial charge in [0.1, 0.15) is 0 Å². The molecule has 8 aromatic carbocycles. The Morgan fingerprint density at radius 1 is 0.185 bits per heavy atom. The molecule has 1 aromatic heterocycles. The lowest BCUT2D eigenvalue weighted by Crippen LogP contribution is -2.00. The maximum absolute atomic E-state index is 5.15. The highest BCUT2D eigenvalue weighted by Gasteiger charge is 2.19. The molecule has 0 saturated carbocycles. The molecule has 0 fully saturated rings. The van der Waals surface area contributed by atoms with Crippen molar-refractivity contribution in [1.29, 1.82) is 0 Å². The number of rotatable bonds is 8. The molecule has 3 nitrogen and oxygen atoms in total. The molecule has 0 unspecified atom stereocenters. The number of aromatic nitrogens is 3. The molecule has 3 heteroatoms. The summed E-state index contributed by atoms with van der Waals surface area (Å²) in [6, 6.07) is 74.3. The predicted molar refractivity (Wildman–Crippen MR) is 223 cm³/mol. The van der Waals surface area contributed by atoms with Crippen molar-refractivity contribution in [2.24, 2.45) is 0 Å². The quantitative estimate of drug-likeness (QED) is 0.159. The zero-order chi connectivity index (χ0) is 36.1. The minimum Gasteiger partial charge on any atom is -0.208 e. The van der Waals surface area contributed by atoms with E-state index in [9.17, 15) is 0 Å². The Labute approximate surface area is 316 Å². The summed E-state index contributed by atoms with van der Waals surface area (Å²) >= 11 is 0. The molecule has 254 valence electrons. The number of benzene rings is 8. The summed E-state index contributed by atoms with van der Waals surface area (Å²) in [4.78, 5) is 15.3. The molecular formula is C51H35N3. The lowest BCUT2D eigenvalue weighted by Gasteiger charge is -2.19. The molecule has 54 heavy (non-hydrogen) atoms. The van der Waals surface area contributed by atoms with Crippen molar-refractivity contribution in [3.63, 3.8) is 0 Å².